The molecule has 0 radical (unpaired) electrons. The van der Waals surface area contributed by atoms with Crippen LogP contribution in [0.15, 0.2) is 36.4 Å². The highest BCUT2D eigenvalue weighted by molar-refractivity contribution is 5.96. The number of amides is 1. The third-order valence-electron chi connectivity index (χ3n) is 5.18. The smallest absolute Gasteiger partial charge is 0.317 e. The molecule has 0 aromatic heterocycles. The molecule has 1 saturated carbocycles. The van der Waals surface area contributed by atoms with Crippen molar-refractivity contribution in [2.45, 2.75) is 44.1 Å². The number of ether oxygens (including phenoxy) is 1. The lowest BCUT2D eigenvalue weighted by Gasteiger charge is -2.29. The van der Waals surface area contributed by atoms with Crippen molar-refractivity contribution in [3.63, 3.8) is 0 Å². The number of carbonyl (C=O) groups is 2. The van der Waals surface area contributed by atoms with E-state index in [4.69, 9.17) is 4.74 Å². The van der Waals surface area contributed by atoms with Crippen LogP contribution in [0.2, 0.25) is 0 Å². The van der Waals surface area contributed by atoms with Gasteiger partial charge < -0.3 is 10.1 Å². The Hall–Kier alpha value is -2.90. The number of esters is 1. The molecule has 0 heterocycles. The van der Waals surface area contributed by atoms with E-state index in [-0.39, 0.29) is 5.56 Å². The summed E-state index contributed by atoms with van der Waals surface area (Å²) in [5.41, 5.74) is -1.57. The Morgan fingerprint density at radius 3 is 2.28 bits per heavy atom. The summed E-state index contributed by atoms with van der Waals surface area (Å²) in [6.45, 7) is 1.26. The van der Waals surface area contributed by atoms with Crippen molar-refractivity contribution in [1.29, 1.82) is 0 Å². The van der Waals surface area contributed by atoms with E-state index < -0.39 is 52.4 Å². The molecule has 2 aromatic rings. The van der Waals surface area contributed by atoms with Gasteiger partial charge in [0.15, 0.2) is 23.6 Å². The average molecular weight is 409 g/mol. The molecule has 4 nitrogen and oxygen atoms in total. The van der Waals surface area contributed by atoms with Gasteiger partial charge in [-0.2, -0.15) is 0 Å². The Morgan fingerprint density at radius 2 is 1.62 bits per heavy atom. The highest BCUT2D eigenvalue weighted by atomic mass is 19.2. The second kappa shape index (κ2) is 8.23. The van der Waals surface area contributed by atoms with E-state index in [1.165, 1.54) is 25.1 Å². The first kappa shape index (κ1) is 20.8. The highest BCUT2D eigenvalue weighted by Crippen LogP contribution is 2.43. The fourth-order valence-corrected chi connectivity index (χ4v) is 3.59. The zero-order chi connectivity index (χ0) is 21.2. The predicted molar refractivity (Wildman–Crippen MR) is 97.0 cm³/mol. The first-order chi connectivity index (χ1) is 13.8. The van der Waals surface area contributed by atoms with E-state index in [1.54, 1.807) is 6.07 Å². The molecule has 1 aliphatic carbocycles. The molecule has 1 fully saturated rings. The Labute approximate surface area is 164 Å². The molecule has 1 N–H and O–H groups in total. The molecule has 0 aliphatic heterocycles. The van der Waals surface area contributed by atoms with Gasteiger partial charge in [0.2, 0.25) is 0 Å². The number of anilines is 1. The van der Waals surface area contributed by atoms with Gasteiger partial charge in [-0.15, -0.1) is 0 Å². The van der Waals surface area contributed by atoms with Crippen LogP contribution in [0, 0.1) is 23.3 Å². The summed E-state index contributed by atoms with van der Waals surface area (Å²) in [6.07, 6.45) is 0.783. The van der Waals surface area contributed by atoms with E-state index in [0.29, 0.717) is 31.7 Å². The Bertz CT molecular complexity index is 942. The molecular weight excluding hydrogens is 390 g/mol. The van der Waals surface area contributed by atoms with Gasteiger partial charge in [-0.1, -0.05) is 31.0 Å². The first-order valence-electron chi connectivity index (χ1n) is 9.17. The molecule has 0 bridgehead atoms. The SMILES string of the molecule is C[C@@H](OC(=O)C1(c2ccccc2F)CCCC1)C(=O)Nc1ccc(F)c(F)c1F. The lowest BCUT2D eigenvalue weighted by molar-refractivity contribution is -0.159. The zero-order valence-electron chi connectivity index (χ0n) is 15.6. The van der Waals surface area contributed by atoms with Gasteiger partial charge in [-0.05, 0) is 38.0 Å². The van der Waals surface area contributed by atoms with Gasteiger partial charge in [0, 0.05) is 5.56 Å². The topological polar surface area (TPSA) is 55.4 Å². The van der Waals surface area contributed by atoms with E-state index in [1.807, 2.05) is 0 Å². The van der Waals surface area contributed by atoms with Crippen LogP contribution in [0.25, 0.3) is 0 Å². The van der Waals surface area contributed by atoms with Crippen molar-refractivity contribution >= 4 is 17.6 Å². The first-order valence-corrected chi connectivity index (χ1v) is 9.17. The molecule has 3 rings (SSSR count). The van der Waals surface area contributed by atoms with Crippen LogP contribution in [-0.4, -0.2) is 18.0 Å². The predicted octanol–water partition coefficient (Wildman–Crippen LogP) is 4.63. The van der Waals surface area contributed by atoms with Crippen LogP contribution in [0.4, 0.5) is 23.2 Å². The maximum absolute atomic E-state index is 14.4. The van der Waals surface area contributed by atoms with E-state index >= 15 is 0 Å². The third kappa shape index (κ3) is 3.97. The normalized spacial score (nSPS) is 16.3. The van der Waals surface area contributed by atoms with Crippen molar-refractivity contribution in [2.24, 2.45) is 0 Å². The Morgan fingerprint density at radius 1 is 0.966 bits per heavy atom. The van der Waals surface area contributed by atoms with E-state index in [0.717, 1.165) is 6.07 Å². The fraction of sp³-hybridized carbons (Fsp3) is 0.333. The van der Waals surface area contributed by atoms with Crippen molar-refractivity contribution in [3.8, 4) is 0 Å². The number of nitrogens with one attached hydrogen (secondary N) is 1. The number of hydrogen-bond donors (Lipinski definition) is 1. The molecular formula is C21H19F4NO3. The van der Waals surface area contributed by atoms with Crippen LogP contribution >= 0.6 is 0 Å². The molecule has 1 atom stereocenters. The van der Waals surface area contributed by atoms with Crippen molar-refractivity contribution in [1.82, 2.24) is 0 Å². The summed E-state index contributed by atoms with van der Waals surface area (Å²) in [6, 6.07) is 7.43. The van der Waals surface area contributed by atoms with Gasteiger partial charge in [0.05, 0.1) is 11.1 Å². The third-order valence-corrected chi connectivity index (χ3v) is 5.18. The van der Waals surface area contributed by atoms with Crippen LogP contribution in [0.1, 0.15) is 38.2 Å². The summed E-state index contributed by atoms with van der Waals surface area (Å²) in [5.74, 6) is -6.90. The summed E-state index contributed by atoms with van der Waals surface area (Å²) in [7, 11) is 0. The fourth-order valence-electron chi connectivity index (χ4n) is 3.59. The highest BCUT2D eigenvalue weighted by Gasteiger charge is 2.46. The Balaban J connectivity index is 1.76. The maximum atomic E-state index is 14.4. The second-order valence-electron chi connectivity index (χ2n) is 7.03. The van der Waals surface area contributed by atoms with Gasteiger partial charge in [0.25, 0.3) is 5.91 Å². The molecule has 1 amide bonds. The van der Waals surface area contributed by atoms with Crippen LogP contribution in [0.5, 0.6) is 0 Å². The number of carbonyl (C=O) groups excluding carboxylic acids is 2. The minimum Gasteiger partial charge on any atom is -0.452 e. The van der Waals surface area contributed by atoms with Crippen molar-refractivity contribution in [3.05, 3.63) is 65.2 Å². The Kier molecular flexibility index (Phi) is 5.91. The lowest BCUT2D eigenvalue weighted by atomic mass is 9.78. The number of rotatable bonds is 5. The summed E-state index contributed by atoms with van der Waals surface area (Å²) < 4.78 is 59.7. The largest absolute Gasteiger partial charge is 0.452 e. The lowest BCUT2D eigenvalue weighted by Crippen LogP contribution is -2.40. The van der Waals surface area contributed by atoms with Gasteiger partial charge in [-0.25, -0.2) is 17.6 Å². The minimum absolute atomic E-state index is 0.210. The van der Waals surface area contributed by atoms with Gasteiger partial charge >= 0.3 is 5.97 Å². The summed E-state index contributed by atoms with van der Waals surface area (Å²) >= 11 is 0. The average Bonchev–Trinajstić information content (AvgIpc) is 3.19. The standard InChI is InChI=1S/C21H19F4NO3/c1-12(19(27)26-16-9-8-15(23)17(24)18(16)25)29-20(28)21(10-4-5-11-21)13-6-2-3-7-14(13)22/h2-3,6-9,12H,4-5,10-11H2,1H3,(H,26,27)/t12-/m1/s1. The maximum Gasteiger partial charge on any atom is 0.317 e. The molecule has 8 heteroatoms. The number of benzene rings is 2. The molecule has 154 valence electrons. The molecule has 0 saturated heterocycles. The second-order valence-corrected chi connectivity index (χ2v) is 7.03. The molecule has 29 heavy (non-hydrogen) atoms. The summed E-state index contributed by atoms with van der Waals surface area (Å²) in [4.78, 5) is 25.2. The van der Waals surface area contributed by atoms with Crippen LogP contribution < -0.4 is 5.32 Å². The van der Waals surface area contributed by atoms with Crippen molar-refractivity contribution in [2.75, 3.05) is 5.32 Å². The molecule has 0 spiro atoms. The van der Waals surface area contributed by atoms with Gasteiger partial charge in [0.1, 0.15) is 5.82 Å². The van der Waals surface area contributed by atoms with Gasteiger partial charge in [-0.3, -0.25) is 9.59 Å². The van der Waals surface area contributed by atoms with E-state index in [2.05, 4.69) is 5.32 Å². The van der Waals surface area contributed by atoms with E-state index in [9.17, 15) is 27.2 Å². The zero-order valence-corrected chi connectivity index (χ0v) is 15.6. The number of hydrogen-bond acceptors (Lipinski definition) is 3. The van der Waals surface area contributed by atoms with Crippen LogP contribution in [0.3, 0.4) is 0 Å². The molecule has 1 aliphatic rings. The van der Waals surface area contributed by atoms with Crippen molar-refractivity contribution < 1.29 is 31.9 Å². The number of halogens is 4. The quantitative estimate of drug-likeness (QED) is 0.445. The summed E-state index contributed by atoms with van der Waals surface area (Å²) in [5, 5.41) is 2.07. The molecule has 2 aromatic carbocycles. The molecule has 0 unspecified atom stereocenters. The minimum atomic E-state index is -1.73. The monoisotopic (exact) mass is 409 g/mol. The van der Waals surface area contributed by atoms with Crippen LogP contribution in [-0.2, 0) is 19.7 Å².